The van der Waals surface area contributed by atoms with Gasteiger partial charge in [0, 0.05) is 6.54 Å². The Kier molecular flexibility index (Phi) is 3.94. The Labute approximate surface area is 82.5 Å². The first-order valence-corrected chi connectivity index (χ1v) is 4.26. The average Bonchev–Trinajstić information content (AvgIpc) is 2.26. The lowest BCUT2D eigenvalue weighted by atomic mass is 10.2. The normalized spacial score (nSPS) is 9.57. The van der Waals surface area contributed by atoms with Crippen molar-refractivity contribution in [3.05, 3.63) is 29.8 Å². The minimum atomic E-state index is -0.482. The highest BCUT2D eigenvalue weighted by Crippen LogP contribution is 2.11. The summed E-state index contributed by atoms with van der Waals surface area (Å²) < 4.78 is 5.03. The van der Waals surface area contributed by atoms with Crippen molar-refractivity contribution in [3.8, 4) is 5.75 Å². The van der Waals surface area contributed by atoms with E-state index in [1.807, 2.05) is 24.3 Å². The van der Waals surface area contributed by atoms with Crippen LogP contribution in [0.3, 0.4) is 0 Å². The van der Waals surface area contributed by atoms with E-state index >= 15 is 0 Å². The maximum absolute atomic E-state index is 10.7. The van der Waals surface area contributed by atoms with Crippen LogP contribution in [0.2, 0.25) is 0 Å². The first-order chi connectivity index (χ1) is 6.76. The molecule has 4 nitrogen and oxygen atoms in total. The van der Waals surface area contributed by atoms with Crippen LogP contribution >= 0.6 is 0 Å². The fraction of sp³-hybridized carbons (Fsp3) is 0.300. The third kappa shape index (κ3) is 3.06. The van der Waals surface area contributed by atoms with Gasteiger partial charge in [0.05, 0.1) is 7.11 Å². The molecule has 0 fully saturated rings. The van der Waals surface area contributed by atoms with Crippen LogP contribution in [0, 0.1) is 0 Å². The smallest absolute Gasteiger partial charge is 0.245 e. The lowest BCUT2D eigenvalue weighted by molar-refractivity contribution is -0.123. The van der Waals surface area contributed by atoms with E-state index in [1.54, 1.807) is 7.11 Å². The number of methoxy groups -OCH3 is 1. The number of carbonyl (C=O) groups excluding carboxylic acids is 1. The number of hydrogen-bond donors (Lipinski definition) is 2. The first-order valence-electron chi connectivity index (χ1n) is 4.26. The Morgan fingerprint density at radius 1 is 1.57 bits per heavy atom. The summed E-state index contributed by atoms with van der Waals surface area (Å²) in [6.45, 7) is -0.0828. The number of aliphatic hydroxyl groups is 1. The molecule has 0 atom stereocenters. The summed E-state index contributed by atoms with van der Waals surface area (Å²) in [4.78, 5) is 10.7. The molecular formula is C10H13NO3. The summed E-state index contributed by atoms with van der Waals surface area (Å²) in [6.07, 6.45) is 0. The van der Waals surface area contributed by atoms with E-state index in [4.69, 9.17) is 9.84 Å². The molecule has 0 aliphatic heterocycles. The number of ether oxygens (including phenoxy) is 1. The van der Waals surface area contributed by atoms with Crippen molar-refractivity contribution in [1.82, 2.24) is 5.32 Å². The minimum Gasteiger partial charge on any atom is -0.497 e. The molecule has 76 valence electrons. The molecule has 0 aromatic heterocycles. The van der Waals surface area contributed by atoms with E-state index in [2.05, 4.69) is 5.32 Å². The molecule has 0 bridgehead atoms. The monoisotopic (exact) mass is 195 g/mol. The predicted molar refractivity (Wildman–Crippen MR) is 51.9 cm³/mol. The molecule has 2 N–H and O–H groups in total. The van der Waals surface area contributed by atoms with Gasteiger partial charge in [0.25, 0.3) is 0 Å². The van der Waals surface area contributed by atoms with Gasteiger partial charge < -0.3 is 15.2 Å². The van der Waals surface area contributed by atoms with Crippen molar-refractivity contribution < 1.29 is 14.6 Å². The highest BCUT2D eigenvalue weighted by atomic mass is 16.5. The summed E-state index contributed by atoms with van der Waals surface area (Å²) in [5, 5.41) is 11.0. The molecule has 0 radical (unpaired) electrons. The number of aliphatic hydroxyl groups excluding tert-OH is 1. The fourth-order valence-corrected chi connectivity index (χ4v) is 1.04. The van der Waals surface area contributed by atoms with Gasteiger partial charge in [-0.2, -0.15) is 0 Å². The van der Waals surface area contributed by atoms with Gasteiger partial charge in [-0.15, -0.1) is 0 Å². The minimum absolute atomic E-state index is 0.382. The van der Waals surface area contributed by atoms with Crippen LogP contribution in [0.4, 0.5) is 0 Å². The van der Waals surface area contributed by atoms with E-state index in [-0.39, 0.29) is 5.91 Å². The number of rotatable bonds is 4. The number of carbonyl (C=O) groups is 1. The molecule has 0 spiro atoms. The van der Waals surface area contributed by atoms with Crippen molar-refractivity contribution in [3.63, 3.8) is 0 Å². The lowest BCUT2D eigenvalue weighted by Crippen LogP contribution is -2.25. The van der Waals surface area contributed by atoms with Gasteiger partial charge in [0.1, 0.15) is 12.4 Å². The van der Waals surface area contributed by atoms with E-state index in [0.717, 1.165) is 11.3 Å². The molecular weight excluding hydrogens is 182 g/mol. The standard InChI is InChI=1S/C10H13NO3/c1-14-9-4-2-3-8(5-9)6-11-10(13)7-12/h2-5,12H,6-7H2,1H3,(H,11,13). The molecule has 1 aromatic carbocycles. The maximum atomic E-state index is 10.7. The van der Waals surface area contributed by atoms with Crippen molar-refractivity contribution in [1.29, 1.82) is 0 Å². The number of benzene rings is 1. The molecule has 1 rings (SSSR count). The van der Waals surface area contributed by atoms with Crippen molar-refractivity contribution >= 4 is 5.91 Å². The molecule has 4 heteroatoms. The molecule has 0 aliphatic carbocycles. The topological polar surface area (TPSA) is 58.6 Å². The highest BCUT2D eigenvalue weighted by molar-refractivity contribution is 5.76. The van der Waals surface area contributed by atoms with Crippen LogP contribution in [-0.4, -0.2) is 24.7 Å². The Balaban J connectivity index is 2.54. The van der Waals surface area contributed by atoms with Crippen LogP contribution < -0.4 is 10.1 Å². The molecule has 1 aromatic rings. The Morgan fingerprint density at radius 3 is 3.00 bits per heavy atom. The van der Waals surface area contributed by atoms with Crippen molar-refractivity contribution in [2.45, 2.75) is 6.54 Å². The quantitative estimate of drug-likeness (QED) is 0.726. The maximum Gasteiger partial charge on any atom is 0.245 e. The molecule has 0 saturated carbocycles. The van der Waals surface area contributed by atoms with Crippen LogP contribution in [0.1, 0.15) is 5.56 Å². The van der Waals surface area contributed by atoms with E-state index in [1.165, 1.54) is 0 Å². The summed E-state index contributed by atoms with van der Waals surface area (Å²) in [7, 11) is 1.59. The summed E-state index contributed by atoms with van der Waals surface area (Å²) in [6, 6.07) is 7.38. The highest BCUT2D eigenvalue weighted by Gasteiger charge is 1.99. The van der Waals surface area contributed by atoms with Crippen LogP contribution in [0.25, 0.3) is 0 Å². The summed E-state index contributed by atoms with van der Waals surface area (Å²) in [5.41, 5.74) is 0.936. The third-order valence-corrected chi connectivity index (χ3v) is 1.77. The van der Waals surface area contributed by atoms with Crippen LogP contribution in [0.5, 0.6) is 5.75 Å². The Morgan fingerprint density at radius 2 is 2.36 bits per heavy atom. The second-order valence-corrected chi connectivity index (χ2v) is 2.79. The predicted octanol–water partition coefficient (Wildman–Crippen LogP) is 0.304. The molecule has 0 saturated heterocycles. The van der Waals surface area contributed by atoms with Gasteiger partial charge in [-0.1, -0.05) is 12.1 Å². The third-order valence-electron chi connectivity index (χ3n) is 1.77. The average molecular weight is 195 g/mol. The summed E-state index contributed by atoms with van der Waals surface area (Å²) >= 11 is 0. The van der Waals surface area contributed by atoms with Gasteiger partial charge in [0.2, 0.25) is 5.91 Å². The van der Waals surface area contributed by atoms with E-state index < -0.39 is 6.61 Å². The molecule has 0 aliphatic rings. The Hall–Kier alpha value is -1.55. The molecule has 0 unspecified atom stereocenters. The van der Waals surface area contributed by atoms with Gasteiger partial charge in [0.15, 0.2) is 0 Å². The fourth-order valence-electron chi connectivity index (χ4n) is 1.04. The molecule has 14 heavy (non-hydrogen) atoms. The zero-order valence-electron chi connectivity index (χ0n) is 7.99. The number of amides is 1. The zero-order valence-corrected chi connectivity index (χ0v) is 7.99. The van der Waals surface area contributed by atoms with E-state index in [9.17, 15) is 4.79 Å². The molecule has 1 amide bonds. The second-order valence-electron chi connectivity index (χ2n) is 2.79. The van der Waals surface area contributed by atoms with Crippen molar-refractivity contribution in [2.75, 3.05) is 13.7 Å². The molecule has 0 heterocycles. The zero-order chi connectivity index (χ0) is 10.4. The number of hydrogen-bond acceptors (Lipinski definition) is 3. The van der Waals surface area contributed by atoms with Gasteiger partial charge in [-0.25, -0.2) is 0 Å². The van der Waals surface area contributed by atoms with Crippen LogP contribution in [0.15, 0.2) is 24.3 Å². The second kappa shape index (κ2) is 5.24. The SMILES string of the molecule is COc1cccc(CNC(=O)CO)c1. The first kappa shape index (κ1) is 10.5. The largest absolute Gasteiger partial charge is 0.497 e. The van der Waals surface area contributed by atoms with E-state index in [0.29, 0.717) is 6.54 Å². The van der Waals surface area contributed by atoms with Gasteiger partial charge in [-0.3, -0.25) is 4.79 Å². The Bertz CT molecular complexity index is 312. The summed E-state index contributed by atoms with van der Waals surface area (Å²) in [5.74, 6) is 0.369. The number of nitrogens with one attached hydrogen (secondary N) is 1. The lowest BCUT2D eigenvalue weighted by Gasteiger charge is -2.05. The van der Waals surface area contributed by atoms with Gasteiger partial charge in [-0.05, 0) is 17.7 Å². The van der Waals surface area contributed by atoms with Gasteiger partial charge >= 0.3 is 0 Å². The van der Waals surface area contributed by atoms with Crippen LogP contribution in [-0.2, 0) is 11.3 Å². The van der Waals surface area contributed by atoms with Crippen molar-refractivity contribution in [2.24, 2.45) is 0 Å².